The number of aliphatic hydroxyl groups is 2. The largest absolute Gasteiger partial charge is 0.390 e. The van der Waals surface area contributed by atoms with Crippen molar-refractivity contribution >= 4 is 23.6 Å². The highest BCUT2D eigenvalue weighted by molar-refractivity contribution is 5.87. The second-order valence-corrected chi connectivity index (χ2v) is 8.71. The molecule has 0 aromatic rings. The highest BCUT2D eigenvalue weighted by Gasteiger charge is 2.34. The number of hydrogen-bond acceptors (Lipinski definition) is 8. The summed E-state index contributed by atoms with van der Waals surface area (Å²) in [7, 11) is 0. The fraction of sp³-hybridized carbons (Fsp3) is 0.800. The first-order valence-corrected chi connectivity index (χ1v) is 10.6. The molecule has 4 unspecified atom stereocenters. The number of nitrogens with one attached hydrogen (secondary N) is 2. The van der Waals surface area contributed by atoms with Gasteiger partial charge in [0.05, 0.1) is 24.0 Å². The lowest BCUT2D eigenvalue weighted by atomic mass is 9.98. The number of carbonyl (C=O) groups is 4. The van der Waals surface area contributed by atoms with Crippen LogP contribution in [-0.2, 0) is 19.2 Å². The molecule has 0 saturated carbocycles. The van der Waals surface area contributed by atoms with Crippen LogP contribution in [0.5, 0.6) is 0 Å². The van der Waals surface area contributed by atoms with Gasteiger partial charge in [-0.05, 0) is 40.5 Å². The van der Waals surface area contributed by atoms with E-state index in [0.717, 1.165) is 0 Å². The zero-order valence-corrected chi connectivity index (χ0v) is 19.7. The summed E-state index contributed by atoms with van der Waals surface area (Å²) < 4.78 is 0. The number of carbonyl (C=O) groups excluding carboxylic acids is 4. The maximum atomic E-state index is 12.5. The minimum Gasteiger partial charge on any atom is -0.390 e. The molecule has 8 N–H and O–H groups in total. The first-order chi connectivity index (χ1) is 14.6. The van der Waals surface area contributed by atoms with Crippen LogP contribution in [-0.4, -0.2) is 70.2 Å². The zero-order chi connectivity index (χ0) is 25.3. The third kappa shape index (κ3) is 8.87. The first-order valence-electron chi connectivity index (χ1n) is 10.6. The van der Waals surface area contributed by atoms with Crippen molar-refractivity contribution in [2.45, 2.75) is 77.7 Å². The minimum atomic E-state index is -1.37. The summed E-state index contributed by atoms with van der Waals surface area (Å²) >= 11 is 0. The van der Waals surface area contributed by atoms with E-state index in [1.807, 2.05) is 0 Å². The molecule has 0 aromatic heterocycles. The van der Waals surface area contributed by atoms with Gasteiger partial charge in [-0.2, -0.15) is 10.2 Å². The second-order valence-electron chi connectivity index (χ2n) is 8.71. The molecule has 0 radical (unpaired) electrons. The van der Waals surface area contributed by atoms with Crippen molar-refractivity contribution in [2.24, 2.45) is 33.5 Å². The van der Waals surface area contributed by atoms with Gasteiger partial charge in [0, 0.05) is 13.1 Å². The minimum absolute atomic E-state index is 0.195. The van der Waals surface area contributed by atoms with Crippen LogP contribution in [0.25, 0.3) is 0 Å². The van der Waals surface area contributed by atoms with Crippen LogP contribution in [0, 0.1) is 11.8 Å². The van der Waals surface area contributed by atoms with Crippen molar-refractivity contribution in [1.29, 1.82) is 0 Å². The molecule has 0 aliphatic heterocycles. The van der Waals surface area contributed by atoms with Crippen LogP contribution in [0.4, 0.5) is 0 Å². The van der Waals surface area contributed by atoms with E-state index < -0.39 is 58.8 Å². The molecular formula is C20H38N6O6. The average Bonchev–Trinajstić information content (AvgIpc) is 2.69. The van der Waals surface area contributed by atoms with Crippen molar-refractivity contribution < 1.29 is 29.4 Å². The molecule has 32 heavy (non-hydrogen) atoms. The molecule has 0 aliphatic rings. The number of amides is 4. The fourth-order valence-corrected chi connectivity index (χ4v) is 2.78. The van der Waals surface area contributed by atoms with E-state index in [4.69, 9.17) is 11.5 Å². The van der Waals surface area contributed by atoms with Crippen LogP contribution in [0.1, 0.15) is 54.4 Å². The summed E-state index contributed by atoms with van der Waals surface area (Å²) in [6.07, 6.45) is -1.64. The van der Waals surface area contributed by atoms with Crippen molar-refractivity contribution in [3.63, 3.8) is 0 Å². The quantitative estimate of drug-likeness (QED) is 0.179. The molecule has 4 atom stereocenters. The number of nitrogens with two attached hydrogens (primary N) is 2. The van der Waals surface area contributed by atoms with Crippen molar-refractivity contribution in [1.82, 2.24) is 10.6 Å². The third-order valence-corrected chi connectivity index (χ3v) is 5.14. The molecule has 0 rings (SSSR count). The van der Waals surface area contributed by atoms with Crippen LogP contribution in [0.2, 0.25) is 0 Å². The molecule has 0 spiro atoms. The molecular weight excluding hydrogens is 420 g/mol. The van der Waals surface area contributed by atoms with Crippen LogP contribution in [0.15, 0.2) is 10.2 Å². The van der Waals surface area contributed by atoms with Gasteiger partial charge in [-0.25, -0.2) is 0 Å². The van der Waals surface area contributed by atoms with Gasteiger partial charge in [0.15, 0.2) is 11.1 Å². The Hall–Kier alpha value is -2.60. The van der Waals surface area contributed by atoms with Gasteiger partial charge in [-0.1, -0.05) is 13.8 Å². The van der Waals surface area contributed by atoms with Gasteiger partial charge in [0.1, 0.15) is 0 Å². The average molecular weight is 459 g/mol. The molecule has 0 aromatic carbocycles. The Kier molecular flexibility index (Phi) is 11.4. The molecule has 0 fully saturated rings. The van der Waals surface area contributed by atoms with E-state index in [1.54, 1.807) is 13.8 Å². The van der Waals surface area contributed by atoms with Crippen LogP contribution >= 0.6 is 0 Å². The van der Waals surface area contributed by atoms with E-state index >= 15 is 0 Å². The number of primary amides is 2. The monoisotopic (exact) mass is 458 g/mol. The SMILES string of the molecule is CCC(C(N)=O)C(O)CNC(=O)C(C)(C)/N=N\C(C)(C)C(=O)NCC(O)C(CC)C(N)=O. The fourth-order valence-electron chi connectivity index (χ4n) is 2.78. The zero-order valence-electron chi connectivity index (χ0n) is 19.7. The third-order valence-electron chi connectivity index (χ3n) is 5.14. The number of aliphatic hydroxyl groups excluding tert-OH is 2. The van der Waals surface area contributed by atoms with Crippen LogP contribution < -0.4 is 22.1 Å². The van der Waals surface area contributed by atoms with Gasteiger partial charge < -0.3 is 32.3 Å². The number of nitrogens with zero attached hydrogens (tertiary/aromatic N) is 2. The van der Waals surface area contributed by atoms with E-state index in [-0.39, 0.29) is 13.1 Å². The molecule has 12 nitrogen and oxygen atoms in total. The predicted molar refractivity (Wildman–Crippen MR) is 117 cm³/mol. The lowest BCUT2D eigenvalue weighted by Gasteiger charge is -2.25. The van der Waals surface area contributed by atoms with Crippen molar-refractivity contribution in [2.75, 3.05) is 13.1 Å². The molecule has 0 saturated heterocycles. The maximum Gasteiger partial charge on any atom is 0.249 e. The summed E-state index contributed by atoms with van der Waals surface area (Å²) in [6.45, 7) is 8.89. The summed E-state index contributed by atoms with van der Waals surface area (Å²) in [5.41, 5.74) is 7.71. The van der Waals surface area contributed by atoms with E-state index in [9.17, 15) is 29.4 Å². The Balaban J connectivity index is 4.99. The standard InChI is InChI=1S/C20H38N6O6/c1-7-11(15(21)29)13(27)9-23-17(31)19(3,4)25-26-20(5,6)18(32)24-10-14(28)12(8-2)16(22)30/h11-14,27-28H,7-10H2,1-6H3,(H2,21,29)(H2,22,30)(H,23,31)(H,24,32)/b26-25-. The molecule has 0 bridgehead atoms. The Morgan fingerprint density at radius 1 is 0.750 bits per heavy atom. The van der Waals surface area contributed by atoms with Gasteiger partial charge in [-0.15, -0.1) is 0 Å². The summed E-state index contributed by atoms with van der Waals surface area (Å²) in [5.74, 6) is -4.05. The molecule has 4 amide bonds. The van der Waals surface area contributed by atoms with Gasteiger partial charge in [0.2, 0.25) is 23.6 Å². The topological polar surface area (TPSA) is 210 Å². The summed E-state index contributed by atoms with van der Waals surface area (Å²) in [4.78, 5) is 47.5. The van der Waals surface area contributed by atoms with Crippen LogP contribution in [0.3, 0.4) is 0 Å². The smallest absolute Gasteiger partial charge is 0.249 e. The second kappa shape index (κ2) is 12.4. The molecule has 0 heterocycles. The van der Waals surface area contributed by atoms with E-state index in [0.29, 0.717) is 12.8 Å². The van der Waals surface area contributed by atoms with Crippen molar-refractivity contribution in [3.05, 3.63) is 0 Å². The predicted octanol–water partition coefficient (Wildman–Crippen LogP) is -1.03. The molecule has 0 aliphatic carbocycles. The normalized spacial score (nSPS) is 16.1. The number of hydrogen-bond donors (Lipinski definition) is 6. The summed E-state index contributed by atoms with van der Waals surface area (Å²) in [5, 5.41) is 33.0. The Labute approximate surface area is 188 Å². The number of azo groups is 1. The summed E-state index contributed by atoms with van der Waals surface area (Å²) in [6, 6.07) is 0. The highest BCUT2D eigenvalue weighted by atomic mass is 16.3. The van der Waals surface area contributed by atoms with Gasteiger partial charge in [0.25, 0.3) is 0 Å². The molecule has 184 valence electrons. The first kappa shape index (κ1) is 29.4. The van der Waals surface area contributed by atoms with E-state index in [2.05, 4.69) is 20.9 Å². The van der Waals surface area contributed by atoms with Gasteiger partial charge >= 0.3 is 0 Å². The Morgan fingerprint density at radius 2 is 1.03 bits per heavy atom. The number of rotatable bonds is 14. The Morgan fingerprint density at radius 3 is 1.25 bits per heavy atom. The van der Waals surface area contributed by atoms with Crippen molar-refractivity contribution in [3.8, 4) is 0 Å². The van der Waals surface area contributed by atoms with Gasteiger partial charge in [-0.3, -0.25) is 19.2 Å². The van der Waals surface area contributed by atoms with E-state index in [1.165, 1.54) is 27.7 Å². The maximum absolute atomic E-state index is 12.5. The Bertz CT molecular complexity index is 651. The lowest BCUT2D eigenvalue weighted by molar-refractivity contribution is -0.129. The lowest BCUT2D eigenvalue weighted by Crippen LogP contribution is -2.48. The highest BCUT2D eigenvalue weighted by Crippen LogP contribution is 2.17. The molecule has 12 heteroatoms.